The number of aliphatic hydroxyl groups is 1. The number of sulfonamides is 1. The summed E-state index contributed by atoms with van der Waals surface area (Å²) in [7, 11) is -3.30. The molecular formula is C18H35IN4O4S. The third-order valence-corrected chi connectivity index (χ3v) is 6.28. The Morgan fingerprint density at radius 3 is 2.32 bits per heavy atom. The minimum Gasteiger partial charge on any atom is -0.466 e. The van der Waals surface area contributed by atoms with Crippen molar-refractivity contribution in [2.75, 3.05) is 38.5 Å². The summed E-state index contributed by atoms with van der Waals surface area (Å²) >= 11 is 0. The average molecular weight is 530 g/mol. The van der Waals surface area contributed by atoms with E-state index in [0.717, 1.165) is 5.76 Å². The highest BCUT2D eigenvalue weighted by molar-refractivity contribution is 14.0. The summed E-state index contributed by atoms with van der Waals surface area (Å²) in [6, 6.07) is 1.81. The molecule has 0 aliphatic rings. The van der Waals surface area contributed by atoms with E-state index in [1.54, 1.807) is 6.92 Å². The highest BCUT2D eigenvalue weighted by Gasteiger charge is 2.27. The Labute approximate surface area is 186 Å². The van der Waals surface area contributed by atoms with Gasteiger partial charge in [-0.3, -0.25) is 0 Å². The highest BCUT2D eigenvalue weighted by atomic mass is 127. The molecule has 0 saturated heterocycles. The van der Waals surface area contributed by atoms with Crippen molar-refractivity contribution < 1.29 is 17.9 Å². The molecule has 1 aromatic rings. The van der Waals surface area contributed by atoms with Crippen LogP contribution in [-0.4, -0.2) is 62.3 Å². The minimum atomic E-state index is -3.30. The summed E-state index contributed by atoms with van der Waals surface area (Å²) in [5.41, 5.74) is -0.485. The predicted molar refractivity (Wildman–Crippen MR) is 124 cm³/mol. The molecular weight excluding hydrogens is 495 g/mol. The van der Waals surface area contributed by atoms with Gasteiger partial charge in [0.25, 0.3) is 0 Å². The van der Waals surface area contributed by atoms with Gasteiger partial charge in [-0.1, -0.05) is 13.8 Å². The van der Waals surface area contributed by atoms with Crippen molar-refractivity contribution in [2.24, 2.45) is 4.99 Å². The summed E-state index contributed by atoms with van der Waals surface area (Å²) in [4.78, 5) is 4.41. The second kappa shape index (κ2) is 12.0. The molecule has 1 unspecified atom stereocenters. The Hall–Kier alpha value is -0.850. The zero-order chi connectivity index (χ0) is 20.7. The summed E-state index contributed by atoms with van der Waals surface area (Å²) in [6.07, 6.45) is 0. The molecule has 1 heterocycles. The van der Waals surface area contributed by atoms with E-state index >= 15 is 0 Å². The molecule has 8 nitrogen and oxygen atoms in total. The first-order valence-electron chi connectivity index (χ1n) is 9.37. The van der Waals surface area contributed by atoms with Gasteiger partial charge < -0.3 is 20.2 Å². The van der Waals surface area contributed by atoms with Crippen molar-refractivity contribution in [3.8, 4) is 0 Å². The van der Waals surface area contributed by atoms with Gasteiger partial charge in [0, 0.05) is 31.7 Å². The molecule has 10 heteroatoms. The molecule has 1 aromatic heterocycles. The Bertz CT molecular complexity index is 728. The lowest BCUT2D eigenvalue weighted by atomic mass is 9.96. The molecule has 0 fully saturated rings. The van der Waals surface area contributed by atoms with Crippen LogP contribution in [0.3, 0.4) is 0 Å². The number of halogens is 1. The Morgan fingerprint density at radius 2 is 1.86 bits per heavy atom. The molecule has 0 saturated carbocycles. The highest BCUT2D eigenvalue weighted by Crippen LogP contribution is 2.27. The van der Waals surface area contributed by atoms with E-state index in [4.69, 9.17) is 4.42 Å². The van der Waals surface area contributed by atoms with Crippen molar-refractivity contribution in [2.45, 2.75) is 47.1 Å². The van der Waals surface area contributed by atoms with Crippen molar-refractivity contribution in [3.63, 3.8) is 0 Å². The lowest BCUT2D eigenvalue weighted by Crippen LogP contribution is -2.42. The summed E-state index contributed by atoms with van der Waals surface area (Å²) in [5, 5.41) is 16.9. The molecule has 3 N–H and O–H groups in total. The molecule has 164 valence electrons. The number of hydrogen-bond donors (Lipinski definition) is 3. The van der Waals surface area contributed by atoms with E-state index in [2.05, 4.69) is 15.6 Å². The van der Waals surface area contributed by atoms with Crippen molar-refractivity contribution >= 4 is 40.0 Å². The summed E-state index contributed by atoms with van der Waals surface area (Å²) in [6.45, 7) is 12.8. The fourth-order valence-electron chi connectivity index (χ4n) is 2.87. The lowest BCUT2D eigenvalue weighted by molar-refractivity contribution is 0.0657. The molecule has 28 heavy (non-hydrogen) atoms. The van der Waals surface area contributed by atoms with Crippen molar-refractivity contribution in [1.82, 2.24) is 14.9 Å². The Balaban J connectivity index is 0.00000729. The van der Waals surface area contributed by atoms with Crippen LogP contribution in [0.2, 0.25) is 0 Å². The average Bonchev–Trinajstić information content (AvgIpc) is 2.92. The van der Waals surface area contributed by atoms with Gasteiger partial charge >= 0.3 is 0 Å². The maximum Gasteiger partial charge on any atom is 0.215 e. The number of aliphatic imine (C=N–C) groups is 1. The van der Waals surface area contributed by atoms with E-state index in [-0.39, 0.29) is 42.8 Å². The molecule has 0 amide bonds. The third-order valence-electron chi connectivity index (χ3n) is 4.26. The second-order valence-electron chi connectivity index (χ2n) is 6.62. The number of guanidine groups is 1. The summed E-state index contributed by atoms with van der Waals surface area (Å²) in [5.74, 6) is 1.84. The van der Waals surface area contributed by atoms with Gasteiger partial charge in [0.1, 0.15) is 17.1 Å². The van der Waals surface area contributed by atoms with E-state index in [9.17, 15) is 13.5 Å². The van der Waals surface area contributed by atoms with Crippen LogP contribution in [0, 0.1) is 13.8 Å². The molecule has 1 atom stereocenters. The fourth-order valence-corrected chi connectivity index (χ4v) is 4.27. The van der Waals surface area contributed by atoms with Gasteiger partial charge in [-0.25, -0.2) is 17.7 Å². The van der Waals surface area contributed by atoms with E-state index in [0.29, 0.717) is 36.9 Å². The number of aryl methyl sites for hydroxylation is 2. The van der Waals surface area contributed by atoms with Gasteiger partial charge in [0.05, 0.1) is 12.3 Å². The predicted octanol–water partition coefficient (Wildman–Crippen LogP) is 1.95. The molecule has 0 aliphatic carbocycles. The van der Waals surface area contributed by atoms with Gasteiger partial charge in [0.2, 0.25) is 10.0 Å². The first-order valence-corrected chi connectivity index (χ1v) is 11.0. The van der Waals surface area contributed by atoms with E-state index in [1.807, 2.05) is 40.7 Å². The number of furan rings is 1. The zero-order valence-corrected chi connectivity index (χ0v) is 20.8. The lowest BCUT2D eigenvalue weighted by Gasteiger charge is -2.22. The van der Waals surface area contributed by atoms with Crippen LogP contribution in [0.25, 0.3) is 0 Å². The van der Waals surface area contributed by atoms with Crippen LogP contribution < -0.4 is 10.6 Å². The fraction of sp³-hybridized carbons (Fsp3) is 0.722. The van der Waals surface area contributed by atoms with E-state index in [1.165, 1.54) is 4.31 Å². The zero-order valence-electron chi connectivity index (χ0n) is 17.7. The van der Waals surface area contributed by atoms with Crippen LogP contribution >= 0.6 is 24.0 Å². The number of nitrogens with zero attached hydrogens (tertiary/aromatic N) is 2. The molecule has 0 aliphatic heterocycles. The normalized spacial score (nSPS) is 14.5. The molecule has 0 aromatic carbocycles. The second-order valence-corrected chi connectivity index (χ2v) is 8.71. The van der Waals surface area contributed by atoms with Crippen molar-refractivity contribution in [3.05, 3.63) is 23.2 Å². The first-order chi connectivity index (χ1) is 12.6. The van der Waals surface area contributed by atoms with Gasteiger partial charge in [-0.15, -0.1) is 24.0 Å². The van der Waals surface area contributed by atoms with Crippen molar-refractivity contribution in [1.29, 1.82) is 0 Å². The van der Waals surface area contributed by atoms with E-state index < -0.39 is 15.6 Å². The summed E-state index contributed by atoms with van der Waals surface area (Å²) < 4.78 is 31.4. The molecule has 1 rings (SSSR count). The minimum absolute atomic E-state index is 0. The standard InChI is InChI=1S/C18H34N4O4S.HI/c1-7-19-17(20-10-11-27(24,25)22(8-2)9-3)21-13-18(6,23)16-12-14(4)26-15(16)5;/h12,23H,7-11,13H2,1-6H3,(H2,19,20,21);1H. The third kappa shape index (κ3) is 7.88. The maximum absolute atomic E-state index is 12.2. The Kier molecular flexibility index (Phi) is 11.6. The van der Waals surface area contributed by atoms with Crippen LogP contribution in [0.15, 0.2) is 15.5 Å². The van der Waals surface area contributed by atoms with Gasteiger partial charge in [0.15, 0.2) is 5.96 Å². The van der Waals surface area contributed by atoms with Crippen LogP contribution in [0.5, 0.6) is 0 Å². The van der Waals surface area contributed by atoms with Crippen LogP contribution in [-0.2, 0) is 15.6 Å². The van der Waals surface area contributed by atoms with Gasteiger partial charge in [-0.05, 0) is 33.8 Å². The largest absolute Gasteiger partial charge is 0.466 e. The van der Waals surface area contributed by atoms with Gasteiger partial charge in [-0.2, -0.15) is 0 Å². The van der Waals surface area contributed by atoms with Crippen LogP contribution in [0.1, 0.15) is 44.8 Å². The number of rotatable bonds is 10. The number of hydrogen-bond acceptors (Lipinski definition) is 5. The SMILES string of the molecule is CCNC(=NCC(C)(O)c1cc(C)oc1C)NCCS(=O)(=O)N(CC)CC.I. The molecule has 0 spiro atoms. The van der Waals surface area contributed by atoms with Crippen LogP contribution in [0.4, 0.5) is 0 Å². The topological polar surface area (TPSA) is 107 Å². The Morgan fingerprint density at radius 1 is 1.25 bits per heavy atom. The molecule has 0 radical (unpaired) electrons. The smallest absolute Gasteiger partial charge is 0.215 e. The first kappa shape index (κ1) is 27.1. The maximum atomic E-state index is 12.2. The number of nitrogens with one attached hydrogen (secondary N) is 2. The molecule has 0 bridgehead atoms. The quantitative estimate of drug-likeness (QED) is 0.243. The monoisotopic (exact) mass is 530 g/mol.